The van der Waals surface area contributed by atoms with Gasteiger partial charge in [-0.3, -0.25) is 4.79 Å². The smallest absolute Gasteiger partial charge is 0.360 e. The van der Waals surface area contributed by atoms with Crippen molar-refractivity contribution in [1.82, 2.24) is 15.0 Å². The molecule has 1 aliphatic carbocycles. The van der Waals surface area contributed by atoms with Crippen LogP contribution in [-0.2, 0) is 27.2 Å². The van der Waals surface area contributed by atoms with E-state index in [2.05, 4.69) is 19.8 Å². The van der Waals surface area contributed by atoms with Crippen molar-refractivity contribution < 1.29 is 19.1 Å². The third-order valence-electron chi connectivity index (χ3n) is 3.41. The minimum Gasteiger partial charge on any atom is -0.469 e. The van der Waals surface area contributed by atoms with Crippen LogP contribution >= 0.6 is 0 Å². The molecule has 2 rings (SSSR count). The second-order valence-electron chi connectivity index (χ2n) is 4.61. The Balaban J connectivity index is 2.22. The Morgan fingerprint density at radius 3 is 2.58 bits per heavy atom. The summed E-state index contributed by atoms with van der Waals surface area (Å²) in [6.07, 6.45) is 3.48. The maximum atomic E-state index is 11.6. The van der Waals surface area contributed by atoms with Gasteiger partial charge in [-0.2, -0.15) is 0 Å². The molecule has 1 aliphatic rings. The lowest BCUT2D eigenvalue weighted by atomic mass is 9.85. The molecule has 7 nitrogen and oxygen atoms in total. The normalized spacial score (nSPS) is 14.8. The first-order valence-corrected chi connectivity index (χ1v) is 6.23. The molecule has 1 saturated carbocycles. The largest absolute Gasteiger partial charge is 0.469 e. The van der Waals surface area contributed by atoms with Crippen molar-refractivity contribution in [2.45, 2.75) is 32.2 Å². The van der Waals surface area contributed by atoms with Gasteiger partial charge in [-0.25, -0.2) is 9.48 Å². The Bertz CT molecular complexity index is 479. The van der Waals surface area contributed by atoms with E-state index in [1.54, 1.807) is 4.68 Å². The van der Waals surface area contributed by atoms with Crippen LogP contribution in [0.15, 0.2) is 0 Å². The number of carbonyl (C=O) groups is 2. The Morgan fingerprint density at radius 1 is 1.32 bits per heavy atom. The molecule has 0 unspecified atom stereocenters. The van der Waals surface area contributed by atoms with E-state index in [4.69, 9.17) is 0 Å². The van der Waals surface area contributed by atoms with Gasteiger partial charge in [-0.1, -0.05) is 11.6 Å². The molecule has 1 aromatic rings. The van der Waals surface area contributed by atoms with Crippen molar-refractivity contribution in [3.8, 4) is 0 Å². The molecule has 0 aromatic carbocycles. The Morgan fingerprint density at radius 2 is 2.05 bits per heavy atom. The summed E-state index contributed by atoms with van der Waals surface area (Å²) in [6, 6.07) is 0. The highest BCUT2D eigenvalue weighted by molar-refractivity contribution is 5.89. The summed E-state index contributed by atoms with van der Waals surface area (Å²) in [6.45, 7) is 0.677. The summed E-state index contributed by atoms with van der Waals surface area (Å²) in [5.74, 6) is -0.468. The average molecular weight is 267 g/mol. The standard InChI is InChI=1S/C12H17N3O4/c1-18-10(16)6-9-11(12(17)19-2)13-14-15(9)7-8-4-3-5-8/h8H,3-7H2,1-2H3. The van der Waals surface area contributed by atoms with Crippen molar-refractivity contribution in [3.05, 3.63) is 11.4 Å². The number of nitrogens with zero attached hydrogens (tertiary/aromatic N) is 3. The van der Waals surface area contributed by atoms with E-state index in [0.717, 1.165) is 12.8 Å². The van der Waals surface area contributed by atoms with Crippen LogP contribution in [0.2, 0.25) is 0 Å². The fraction of sp³-hybridized carbons (Fsp3) is 0.667. The molecule has 0 bridgehead atoms. The highest BCUT2D eigenvalue weighted by Crippen LogP contribution is 2.28. The number of hydrogen-bond donors (Lipinski definition) is 0. The van der Waals surface area contributed by atoms with Crippen molar-refractivity contribution in [1.29, 1.82) is 0 Å². The van der Waals surface area contributed by atoms with Crippen molar-refractivity contribution in [2.24, 2.45) is 5.92 Å². The van der Waals surface area contributed by atoms with Crippen LogP contribution in [0.5, 0.6) is 0 Å². The van der Waals surface area contributed by atoms with E-state index < -0.39 is 11.9 Å². The summed E-state index contributed by atoms with van der Waals surface area (Å²) in [7, 11) is 2.58. The fourth-order valence-corrected chi connectivity index (χ4v) is 2.04. The minimum absolute atomic E-state index is 0.0271. The van der Waals surface area contributed by atoms with Gasteiger partial charge in [0.25, 0.3) is 0 Å². The number of rotatable bonds is 5. The second-order valence-corrected chi connectivity index (χ2v) is 4.61. The molecular weight excluding hydrogens is 250 g/mol. The van der Waals surface area contributed by atoms with Gasteiger partial charge in [0.15, 0.2) is 5.69 Å². The van der Waals surface area contributed by atoms with E-state index >= 15 is 0 Å². The minimum atomic E-state index is -0.584. The van der Waals surface area contributed by atoms with Crippen LogP contribution in [0.1, 0.15) is 35.4 Å². The van der Waals surface area contributed by atoms with Crippen LogP contribution in [0.3, 0.4) is 0 Å². The van der Waals surface area contributed by atoms with Crippen molar-refractivity contribution in [3.63, 3.8) is 0 Å². The lowest BCUT2D eigenvalue weighted by Crippen LogP contribution is -2.22. The van der Waals surface area contributed by atoms with E-state index in [0.29, 0.717) is 18.2 Å². The number of methoxy groups -OCH3 is 2. The third kappa shape index (κ3) is 2.91. The van der Waals surface area contributed by atoms with E-state index in [1.165, 1.54) is 20.6 Å². The molecule has 0 saturated heterocycles. The van der Waals surface area contributed by atoms with Crippen molar-refractivity contribution in [2.75, 3.05) is 14.2 Å². The summed E-state index contributed by atoms with van der Waals surface area (Å²) < 4.78 is 10.9. The average Bonchev–Trinajstić information content (AvgIpc) is 2.75. The molecule has 104 valence electrons. The van der Waals surface area contributed by atoms with Crippen LogP contribution in [-0.4, -0.2) is 41.2 Å². The molecule has 1 aromatic heterocycles. The Labute approximate surface area is 110 Å². The van der Waals surface area contributed by atoms with E-state index in [1.807, 2.05) is 0 Å². The predicted octanol–water partition coefficient (Wildman–Crippen LogP) is 0.580. The number of carbonyl (C=O) groups excluding carboxylic acids is 2. The van der Waals surface area contributed by atoms with Gasteiger partial charge in [0, 0.05) is 6.54 Å². The zero-order valence-electron chi connectivity index (χ0n) is 11.1. The van der Waals surface area contributed by atoms with Gasteiger partial charge in [0.2, 0.25) is 0 Å². The molecule has 0 N–H and O–H groups in total. The topological polar surface area (TPSA) is 83.3 Å². The number of aromatic nitrogens is 3. The molecular formula is C12H17N3O4. The molecule has 7 heteroatoms. The molecule has 1 heterocycles. The molecule has 0 spiro atoms. The van der Waals surface area contributed by atoms with E-state index in [-0.39, 0.29) is 12.1 Å². The maximum absolute atomic E-state index is 11.6. The Hall–Kier alpha value is -1.92. The summed E-state index contributed by atoms with van der Waals surface area (Å²) in [5, 5.41) is 7.77. The van der Waals surface area contributed by atoms with Crippen LogP contribution in [0.25, 0.3) is 0 Å². The van der Waals surface area contributed by atoms with Crippen LogP contribution in [0, 0.1) is 5.92 Å². The third-order valence-corrected chi connectivity index (χ3v) is 3.41. The lowest BCUT2D eigenvalue weighted by molar-refractivity contribution is -0.139. The van der Waals surface area contributed by atoms with Gasteiger partial charge < -0.3 is 9.47 Å². The van der Waals surface area contributed by atoms with Gasteiger partial charge in [0.1, 0.15) is 0 Å². The van der Waals surface area contributed by atoms with Crippen LogP contribution < -0.4 is 0 Å². The van der Waals surface area contributed by atoms with Gasteiger partial charge in [0.05, 0.1) is 26.3 Å². The Kier molecular flexibility index (Phi) is 4.13. The van der Waals surface area contributed by atoms with E-state index in [9.17, 15) is 9.59 Å². The van der Waals surface area contributed by atoms with Crippen LogP contribution in [0.4, 0.5) is 0 Å². The quantitative estimate of drug-likeness (QED) is 0.726. The zero-order valence-corrected chi connectivity index (χ0v) is 11.1. The highest BCUT2D eigenvalue weighted by atomic mass is 16.5. The second kappa shape index (κ2) is 5.81. The molecule has 0 amide bonds. The summed E-state index contributed by atoms with van der Waals surface area (Å²) in [4.78, 5) is 23.0. The highest BCUT2D eigenvalue weighted by Gasteiger charge is 2.26. The maximum Gasteiger partial charge on any atom is 0.360 e. The SMILES string of the molecule is COC(=O)Cc1c(C(=O)OC)nnn1CC1CCC1. The van der Waals surface area contributed by atoms with Gasteiger partial charge >= 0.3 is 11.9 Å². The predicted molar refractivity (Wildman–Crippen MR) is 64.4 cm³/mol. The van der Waals surface area contributed by atoms with Gasteiger partial charge in [-0.15, -0.1) is 5.10 Å². The number of esters is 2. The molecule has 19 heavy (non-hydrogen) atoms. The lowest BCUT2D eigenvalue weighted by Gasteiger charge is -2.25. The first-order chi connectivity index (χ1) is 9.15. The monoisotopic (exact) mass is 267 g/mol. The number of ether oxygens (including phenoxy) is 2. The van der Waals surface area contributed by atoms with Crippen molar-refractivity contribution >= 4 is 11.9 Å². The fourth-order valence-electron chi connectivity index (χ4n) is 2.04. The first-order valence-electron chi connectivity index (χ1n) is 6.23. The van der Waals surface area contributed by atoms with Gasteiger partial charge in [-0.05, 0) is 18.8 Å². The zero-order chi connectivity index (χ0) is 13.8. The summed E-state index contributed by atoms with van der Waals surface area (Å²) in [5.41, 5.74) is 0.554. The molecule has 1 fully saturated rings. The first kappa shape index (κ1) is 13.5. The molecule has 0 atom stereocenters. The molecule has 0 radical (unpaired) electrons. The molecule has 0 aliphatic heterocycles. The summed E-state index contributed by atoms with van der Waals surface area (Å²) >= 11 is 0. The number of hydrogen-bond acceptors (Lipinski definition) is 6.